The molecule has 0 radical (unpaired) electrons. The van der Waals surface area contributed by atoms with Crippen molar-refractivity contribution < 1.29 is 9.47 Å². The summed E-state index contributed by atoms with van der Waals surface area (Å²) in [7, 11) is 3.06. The quantitative estimate of drug-likeness (QED) is 0.488. The maximum atomic E-state index is 6.44. The monoisotopic (exact) mass is 434 g/mol. The smallest absolute Gasteiger partial charge is 0.240 e. The van der Waals surface area contributed by atoms with Crippen LogP contribution in [-0.2, 0) is 0 Å². The molecule has 0 fully saturated rings. The first kappa shape index (κ1) is 16.8. The maximum Gasteiger partial charge on any atom is 0.240 e. The largest absolute Gasteiger partial charge is 0.480 e. The van der Waals surface area contributed by atoms with E-state index in [1.165, 1.54) is 19.0 Å². The average Bonchev–Trinajstić information content (AvgIpc) is 3.32. The molecule has 0 saturated heterocycles. The van der Waals surface area contributed by atoms with E-state index >= 15 is 0 Å². The zero-order valence-electron chi connectivity index (χ0n) is 13.7. The van der Waals surface area contributed by atoms with Gasteiger partial charge in [0.05, 0.1) is 37.2 Å². The predicted octanol–water partition coefficient (Wildman–Crippen LogP) is 3.43. The third kappa shape index (κ3) is 2.60. The summed E-state index contributed by atoms with van der Waals surface area (Å²) in [5.41, 5.74) is 1.39. The van der Waals surface area contributed by atoms with E-state index in [2.05, 4.69) is 36.1 Å². The summed E-state index contributed by atoms with van der Waals surface area (Å²) in [6.45, 7) is 0. The zero-order chi connectivity index (χ0) is 18.3. The lowest BCUT2D eigenvalue weighted by atomic mass is 10.2. The first-order chi connectivity index (χ1) is 12.6. The molecule has 0 aliphatic heterocycles. The van der Waals surface area contributed by atoms with E-state index in [0.717, 1.165) is 10.9 Å². The van der Waals surface area contributed by atoms with Gasteiger partial charge in [-0.3, -0.25) is 4.57 Å². The molecule has 0 aliphatic carbocycles. The fourth-order valence-corrected chi connectivity index (χ4v) is 3.38. The highest BCUT2D eigenvalue weighted by Gasteiger charge is 2.19. The van der Waals surface area contributed by atoms with E-state index in [4.69, 9.17) is 21.1 Å². The topological polar surface area (TPSA) is 79.9 Å². The number of halogens is 2. The highest BCUT2D eigenvalue weighted by Crippen LogP contribution is 2.34. The van der Waals surface area contributed by atoms with Gasteiger partial charge in [0.2, 0.25) is 17.7 Å². The Hall–Kier alpha value is -2.65. The summed E-state index contributed by atoms with van der Waals surface area (Å²) < 4.78 is 13.0. The van der Waals surface area contributed by atoms with E-state index in [1.807, 2.05) is 18.3 Å². The van der Waals surface area contributed by atoms with Crippen LogP contribution in [0.3, 0.4) is 0 Å². The highest BCUT2D eigenvalue weighted by atomic mass is 79.9. The molecule has 0 N–H and O–H groups in total. The van der Waals surface area contributed by atoms with Gasteiger partial charge in [-0.05, 0) is 28.1 Å². The van der Waals surface area contributed by atoms with Crippen molar-refractivity contribution in [3.8, 4) is 23.4 Å². The van der Waals surface area contributed by atoms with Crippen molar-refractivity contribution in [2.75, 3.05) is 14.2 Å². The Labute approximate surface area is 161 Å². The van der Waals surface area contributed by atoms with Crippen molar-refractivity contribution in [3.63, 3.8) is 0 Å². The minimum atomic E-state index is 0.356. The molecule has 8 nitrogen and oxygen atoms in total. The number of fused-ring (bicyclic) bond motifs is 1. The van der Waals surface area contributed by atoms with Crippen LogP contribution >= 0.6 is 27.5 Å². The number of hydrogen-bond donors (Lipinski definition) is 0. The van der Waals surface area contributed by atoms with Crippen LogP contribution in [-0.4, -0.2) is 43.7 Å². The van der Waals surface area contributed by atoms with E-state index in [9.17, 15) is 0 Å². The molecule has 0 spiro atoms. The number of methoxy groups -OCH3 is 2. The van der Waals surface area contributed by atoms with Gasteiger partial charge in [0.25, 0.3) is 0 Å². The number of aromatic nitrogens is 6. The van der Waals surface area contributed by atoms with E-state index in [-0.39, 0.29) is 0 Å². The molecule has 26 heavy (non-hydrogen) atoms. The van der Waals surface area contributed by atoms with Gasteiger partial charge in [-0.15, -0.1) is 4.80 Å². The molecule has 132 valence electrons. The molecule has 0 aliphatic rings. The Morgan fingerprint density at radius 1 is 1.00 bits per heavy atom. The SMILES string of the molecule is COc1nc(-n2ccc3ccc(Cl)c(-n4nccn4)c32)nc(OC)c1Br. The van der Waals surface area contributed by atoms with E-state index in [0.29, 0.717) is 32.9 Å². The van der Waals surface area contributed by atoms with Gasteiger partial charge in [0, 0.05) is 11.6 Å². The second-order valence-corrected chi connectivity index (χ2v) is 6.39. The predicted molar refractivity (Wildman–Crippen MR) is 99.6 cm³/mol. The molecular formula is C16H12BrClN6O2. The lowest BCUT2D eigenvalue weighted by Gasteiger charge is -2.12. The highest BCUT2D eigenvalue weighted by molar-refractivity contribution is 9.10. The summed E-state index contributed by atoms with van der Waals surface area (Å²) in [5, 5.41) is 9.85. The van der Waals surface area contributed by atoms with Crippen LogP contribution in [0, 0.1) is 0 Å². The summed E-state index contributed by atoms with van der Waals surface area (Å²) in [4.78, 5) is 10.4. The normalized spacial score (nSPS) is 11.1. The Morgan fingerprint density at radius 2 is 1.65 bits per heavy atom. The molecule has 0 amide bonds. The molecule has 0 atom stereocenters. The molecular weight excluding hydrogens is 424 g/mol. The fraction of sp³-hybridized carbons (Fsp3) is 0.125. The standard InChI is InChI=1S/C16H12BrClN6O2/c1-25-14-11(17)15(26-2)22-16(21-14)23-8-5-9-3-4-10(18)13(12(9)23)24-19-6-7-20-24/h3-8H,1-2H3. The summed E-state index contributed by atoms with van der Waals surface area (Å²) in [5.74, 6) is 1.08. The lowest BCUT2D eigenvalue weighted by Crippen LogP contribution is -2.07. The van der Waals surface area contributed by atoms with Gasteiger partial charge < -0.3 is 9.47 Å². The third-order valence-corrected chi connectivity index (χ3v) is 4.76. The van der Waals surface area contributed by atoms with Crippen molar-refractivity contribution in [2.24, 2.45) is 0 Å². The second kappa shape index (κ2) is 6.58. The molecule has 0 saturated carbocycles. The van der Waals surface area contributed by atoms with Crippen LogP contribution in [0.25, 0.3) is 22.5 Å². The molecule has 3 heterocycles. The molecule has 3 aromatic heterocycles. The average molecular weight is 436 g/mol. The first-order valence-corrected chi connectivity index (χ1v) is 8.63. The number of ether oxygens (including phenoxy) is 2. The fourth-order valence-electron chi connectivity index (χ4n) is 2.65. The van der Waals surface area contributed by atoms with Crippen LogP contribution in [0.5, 0.6) is 11.8 Å². The number of rotatable bonds is 4. The molecule has 4 rings (SSSR count). The maximum absolute atomic E-state index is 6.44. The summed E-state index contributed by atoms with van der Waals surface area (Å²) in [6, 6.07) is 5.65. The number of hydrogen-bond acceptors (Lipinski definition) is 6. The first-order valence-electron chi connectivity index (χ1n) is 7.46. The third-order valence-electron chi connectivity index (χ3n) is 3.78. The van der Waals surface area contributed by atoms with Crippen LogP contribution < -0.4 is 9.47 Å². The molecule has 10 heteroatoms. The second-order valence-electron chi connectivity index (χ2n) is 5.19. The van der Waals surface area contributed by atoms with Gasteiger partial charge in [-0.25, -0.2) is 0 Å². The Balaban J connectivity index is 2.04. The van der Waals surface area contributed by atoms with Crippen molar-refractivity contribution in [3.05, 3.63) is 46.3 Å². The van der Waals surface area contributed by atoms with Crippen molar-refractivity contribution in [1.29, 1.82) is 0 Å². The number of nitrogens with zero attached hydrogens (tertiary/aromatic N) is 6. The molecule has 0 bridgehead atoms. The Morgan fingerprint density at radius 3 is 2.27 bits per heavy atom. The summed E-state index contributed by atoms with van der Waals surface area (Å²) in [6.07, 6.45) is 5.02. The Kier molecular flexibility index (Phi) is 4.25. The van der Waals surface area contributed by atoms with Crippen molar-refractivity contribution in [2.45, 2.75) is 0 Å². The van der Waals surface area contributed by atoms with Crippen LogP contribution in [0.4, 0.5) is 0 Å². The van der Waals surface area contributed by atoms with E-state index in [1.54, 1.807) is 23.0 Å². The minimum absolute atomic E-state index is 0.356. The van der Waals surface area contributed by atoms with Gasteiger partial charge >= 0.3 is 0 Å². The minimum Gasteiger partial charge on any atom is -0.480 e. The molecule has 1 aromatic carbocycles. The van der Waals surface area contributed by atoms with Crippen LogP contribution in [0.15, 0.2) is 41.3 Å². The van der Waals surface area contributed by atoms with Gasteiger partial charge in [0.1, 0.15) is 10.2 Å². The van der Waals surface area contributed by atoms with Gasteiger partial charge in [-0.2, -0.15) is 20.2 Å². The van der Waals surface area contributed by atoms with Crippen LogP contribution in [0.1, 0.15) is 0 Å². The van der Waals surface area contributed by atoms with E-state index < -0.39 is 0 Å². The molecule has 0 unspecified atom stereocenters. The number of benzene rings is 1. The lowest BCUT2D eigenvalue weighted by molar-refractivity contribution is 0.365. The van der Waals surface area contributed by atoms with Gasteiger partial charge in [-0.1, -0.05) is 17.7 Å². The Bertz CT molecular complexity index is 1070. The zero-order valence-corrected chi connectivity index (χ0v) is 16.1. The van der Waals surface area contributed by atoms with Crippen LogP contribution in [0.2, 0.25) is 5.02 Å². The summed E-state index contributed by atoms with van der Waals surface area (Å²) >= 11 is 9.82. The van der Waals surface area contributed by atoms with Gasteiger partial charge in [0.15, 0.2) is 0 Å². The molecule has 4 aromatic rings. The van der Waals surface area contributed by atoms with Crippen molar-refractivity contribution >= 4 is 38.4 Å². The van der Waals surface area contributed by atoms with Crippen molar-refractivity contribution in [1.82, 2.24) is 29.5 Å².